The largest absolute Gasteiger partial charge is 0.405 e. The van der Waals surface area contributed by atoms with Crippen molar-refractivity contribution in [1.82, 2.24) is 4.98 Å². The van der Waals surface area contributed by atoms with Gasteiger partial charge in [0.2, 0.25) is 0 Å². The second kappa shape index (κ2) is 5.25. The van der Waals surface area contributed by atoms with E-state index in [9.17, 15) is 13.2 Å². The van der Waals surface area contributed by atoms with E-state index >= 15 is 0 Å². The molecule has 2 nitrogen and oxygen atoms in total. The van der Waals surface area contributed by atoms with Crippen LogP contribution in [0.1, 0.15) is 5.56 Å². The summed E-state index contributed by atoms with van der Waals surface area (Å²) < 4.78 is 37.3. The van der Waals surface area contributed by atoms with Gasteiger partial charge in [0.1, 0.15) is 12.4 Å². The Morgan fingerprint density at radius 1 is 1.26 bits per heavy atom. The number of rotatable bonds is 3. The average Bonchev–Trinajstić information content (AvgIpc) is 2.35. The summed E-state index contributed by atoms with van der Waals surface area (Å²) in [6.45, 7) is -1.05. The van der Waals surface area contributed by atoms with E-state index < -0.39 is 12.7 Å². The average molecular weight is 289 g/mol. The number of para-hydroxylation sites is 1. The SMILES string of the molecule is CN(CC(F)(F)F)c1nc2ccccc2cc1CCl. The molecule has 0 saturated heterocycles. The zero-order valence-electron chi connectivity index (χ0n) is 10.2. The van der Waals surface area contributed by atoms with Gasteiger partial charge in [-0.15, -0.1) is 11.6 Å². The number of nitrogens with zero attached hydrogens (tertiary/aromatic N) is 2. The molecule has 19 heavy (non-hydrogen) atoms. The Morgan fingerprint density at radius 2 is 1.95 bits per heavy atom. The first-order chi connectivity index (χ1) is 8.90. The Morgan fingerprint density at radius 3 is 2.58 bits per heavy atom. The minimum Gasteiger partial charge on any atom is -0.350 e. The molecule has 1 aromatic heterocycles. The van der Waals surface area contributed by atoms with Crippen molar-refractivity contribution in [2.75, 3.05) is 18.5 Å². The minimum absolute atomic E-state index is 0.120. The standard InChI is InChI=1S/C13H12ClF3N2/c1-19(8-13(15,16)17)12-10(7-14)6-9-4-2-3-5-11(9)18-12/h2-6H,7-8H2,1H3. The minimum atomic E-state index is -4.27. The lowest BCUT2D eigenvalue weighted by atomic mass is 10.1. The van der Waals surface area contributed by atoms with Gasteiger partial charge in [-0.05, 0) is 12.1 Å². The van der Waals surface area contributed by atoms with Crippen LogP contribution in [0.15, 0.2) is 30.3 Å². The maximum absolute atomic E-state index is 12.4. The summed E-state index contributed by atoms with van der Waals surface area (Å²) in [5.74, 6) is 0.390. The summed E-state index contributed by atoms with van der Waals surface area (Å²) >= 11 is 5.80. The quantitative estimate of drug-likeness (QED) is 0.795. The van der Waals surface area contributed by atoms with E-state index in [0.29, 0.717) is 11.1 Å². The summed E-state index contributed by atoms with van der Waals surface area (Å²) in [6, 6.07) is 9.03. The van der Waals surface area contributed by atoms with Crippen LogP contribution in [-0.2, 0) is 5.88 Å². The molecule has 0 bridgehead atoms. The van der Waals surface area contributed by atoms with E-state index in [1.165, 1.54) is 7.05 Å². The molecule has 0 atom stereocenters. The Balaban J connectivity index is 2.46. The van der Waals surface area contributed by atoms with Crippen molar-refractivity contribution in [2.24, 2.45) is 0 Å². The number of pyridine rings is 1. The van der Waals surface area contributed by atoms with Crippen LogP contribution < -0.4 is 4.90 Å². The van der Waals surface area contributed by atoms with Crippen molar-refractivity contribution in [3.8, 4) is 0 Å². The van der Waals surface area contributed by atoms with Crippen LogP contribution in [0.2, 0.25) is 0 Å². The lowest BCUT2D eigenvalue weighted by Crippen LogP contribution is -2.32. The molecule has 0 aliphatic heterocycles. The topological polar surface area (TPSA) is 16.1 Å². The summed E-state index contributed by atoms with van der Waals surface area (Å²) in [6.07, 6.45) is -4.27. The maximum atomic E-state index is 12.4. The maximum Gasteiger partial charge on any atom is 0.405 e. The van der Waals surface area contributed by atoms with Crippen LogP contribution in [0.4, 0.5) is 19.0 Å². The van der Waals surface area contributed by atoms with Gasteiger partial charge in [0.05, 0.1) is 11.4 Å². The zero-order valence-corrected chi connectivity index (χ0v) is 11.0. The van der Waals surface area contributed by atoms with Gasteiger partial charge in [0.25, 0.3) is 0 Å². The van der Waals surface area contributed by atoms with Crippen LogP contribution in [0.3, 0.4) is 0 Å². The number of alkyl halides is 4. The van der Waals surface area contributed by atoms with Gasteiger partial charge in [-0.2, -0.15) is 13.2 Å². The predicted octanol–water partition coefficient (Wildman–Crippen LogP) is 3.97. The highest BCUT2D eigenvalue weighted by Gasteiger charge is 2.30. The lowest BCUT2D eigenvalue weighted by molar-refractivity contribution is -0.119. The van der Waals surface area contributed by atoms with Gasteiger partial charge < -0.3 is 4.90 Å². The highest BCUT2D eigenvalue weighted by atomic mass is 35.5. The molecule has 2 rings (SSSR count). The number of anilines is 1. The number of halogens is 4. The van der Waals surface area contributed by atoms with E-state index in [-0.39, 0.29) is 11.7 Å². The molecule has 0 aliphatic carbocycles. The molecule has 0 unspecified atom stereocenters. The Kier molecular flexibility index (Phi) is 3.85. The Labute approximate surface area is 113 Å². The third kappa shape index (κ3) is 3.29. The van der Waals surface area contributed by atoms with E-state index in [2.05, 4.69) is 4.98 Å². The fraction of sp³-hybridized carbons (Fsp3) is 0.308. The lowest BCUT2D eigenvalue weighted by Gasteiger charge is -2.22. The van der Waals surface area contributed by atoms with Gasteiger partial charge in [0.15, 0.2) is 0 Å². The fourth-order valence-electron chi connectivity index (χ4n) is 1.92. The summed E-state index contributed by atoms with van der Waals surface area (Å²) in [7, 11) is 1.36. The van der Waals surface area contributed by atoms with Crippen LogP contribution >= 0.6 is 11.6 Å². The summed E-state index contributed by atoms with van der Waals surface area (Å²) in [5, 5.41) is 0.863. The monoisotopic (exact) mass is 288 g/mol. The highest BCUT2D eigenvalue weighted by molar-refractivity contribution is 6.17. The third-order valence-corrected chi connectivity index (χ3v) is 2.99. The predicted molar refractivity (Wildman–Crippen MR) is 70.6 cm³/mol. The summed E-state index contributed by atoms with van der Waals surface area (Å²) in [5.41, 5.74) is 1.24. The van der Waals surface area contributed by atoms with E-state index in [4.69, 9.17) is 11.6 Å². The zero-order chi connectivity index (χ0) is 14.0. The smallest absolute Gasteiger partial charge is 0.350 e. The second-order valence-corrected chi connectivity index (χ2v) is 4.54. The molecule has 102 valence electrons. The molecule has 0 amide bonds. The number of benzene rings is 1. The summed E-state index contributed by atoms with van der Waals surface area (Å²) in [4.78, 5) is 5.35. The van der Waals surface area contributed by atoms with Crippen molar-refractivity contribution in [1.29, 1.82) is 0 Å². The van der Waals surface area contributed by atoms with Crippen LogP contribution in [-0.4, -0.2) is 24.8 Å². The first kappa shape index (κ1) is 13.9. The van der Waals surface area contributed by atoms with Gasteiger partial charge in [-0.3, -0.25) is 0 Å². The van der Waals surface area contributed by atoms with Gasteiger partial charge in [-0.25, -0.2) is 4.98 Å². The molecule has 0 fully saturated rings. The van der Waals surface area contributed by atoms with Crippen molar-refractivity contribution >= 4 is 28.3 Å². The van der Waals surface area contributed by atoms with Crippen molar-refractivity contribution in [3.63, 3.8) is 0 Å². The molecule has 0 N–H and O–H groups in total. The van der Waals surface area contributed by atoms with E-state index in [1.54, 1.807) is 18.2 Å². The van der Waals surface area contributed by atoms with Crippen LogP contribution in [0.25, 0.3) is 10.9 Å². The molecule has 1 heterocycles. The first-order valence-electron chi connectivity index (χ1n) is 5.63. The number of hydrogen-bond donors (Lipinski definition) is 0. The van der Waals surface area contributed by atoms with E-state index in [0.717, 1.165) is 10.3 Å². The molecule has 2 aromatic rings. The Bertz CT molecular complexity index is 584. The highest BCUT2D eigenvalue weighted by Crippen LogP contribution is 2.26. The van der Waals surface area contributed by atoms with Gasteiger partial charge in [0, 0.05) is 18.0 Å². The van der Waals surface area contributed by atoms with Crippen molar-refractivity contribution in [2.45, 2.75) is 12.1 Å². The number of fused-ring (bicyclic) bond motifs is 1. The molecule has 6 heteroatoms. The normalized spacial score (nSPS) is 11.8. The van der Waals surface area contributed by atoms with Gasteiger partial charge in [-0.1, -0.05) is 18.2 Å². The van der Waals surface area contributed by atoms with Crippen molar-refractivity contribution in [3.05, 3.63) is 35.9 Å². The third-order valence-electron chi connectivity index (χ3n) is 2.70. The number of hydrogen-bond acceptors (Lipinski definition) is 2. The molecule has 0 aliphatic rings. The van der Waals surface area contributed by atoms with Crippen molar-refractivity contribution < 1.29 is 13.2 Å². The van der Waals surface area contributed by atoms with E-state index in [1.807, 2.05) is 12.1 Å². The fourth-order valence-corrected chi connectivity index (χ4v) is 2.12. The Hall–Kier alpha value is -1.49. The molecular formula is C13H12ClF3N2. The molecule has 0 radical (unpaired) electrons. The molecular weight excluding hydrogens is 277 g/mol. The molecule has 0 spiro atoms. The molecule has 0 saturated carbocycles. The second-order valence-electron chi connectivity index (χ2n) is 4.27. The van der Waals surface area contributed by atoms with Gasteiger partial charge >= 0.3 is 6.18 Å². The van der Waals surface area contributed by atoms with Crippen LogP contribution in [0, 0.1) is 0 Å². The van der Waals surface area contributed by atoms with Crippen LogP contribution in [0.5, 0.6) is 0 Å². The first-order valence-corrected chi connectivity index (χ1v) is 6.16. The molecule has 1 aromatic carbocycles. The number of aromatic nitrogens is 1.